The van der Waals surface area contributed by atoms with Crippen molar-refractivity contribution in [1.29, 1.82) is 0 Å². The first kappa shape index (κ1) is 17.6. The highest BCUT2D eigenvalue weighted by Gasteiger charge is 2.29. The number of nitrogens with one attached hydrogen (secondary N) is 1. The molecular weight excluding hydrogens is 264 g/mol. The first-order valence-electron chi connectivity index (χ1n) is 7.61. The zero-order valence-corrected chi connectivity index (χ0v) is 13.4. The van der Waals surface area contributed by atoms with Crippen molar-refractivity contribution in [1.82, 2.24) is 15.2 Å². The summed E-state index contributed by atoms with van der Waals surface area (Å²) in [5.41, 5.74) is 5.99. The molecule has 5 heteroatoms. The fraction of sp³-hybridized carbons (Fsp3) is 0.625. The lowest BCUT2D eigenvalue weighted by molar-refractivity contribution is -0.124. The number of hydrogen-bond donors (Lipinski definition) is 2. The molecule has 0 aliphatic carbocycles. The van der Waals surface area contributed by atoms with Crippen LogP contribution in [0.1, 0.15) is 32.4 Å². The van der Waals surface area contributed by atoms with Crippen molar-refractivity contribution in [2.24, 2.45) is 5.73 Å². The number of likely N-dealkylation sites (N-methyl/N-ethyl adjacent to an activating group) is 2. The Morgan fingerprint density at radius 3 is 2.76 bits per heavy atom. The van der Waals surface area contributed by atoms with Crippen LogP contribution in [0.3, 0.4) is 0 Å². The lowest BCUT2D eigenvalue weighted by atomic mass is 9.94. The predicted molar refractivity (Wildman–Crippen MR) is 85.9 cm³/mol. The van der Waals surface area contributed by atoms with Gasteiger partial charge in [-0.3, -0.25) is 9.78 Å². The van der Waals surface area contributed by atoms with E-state index in [1.54, 1.807) is 0 Å². The van der Waals surface area contributed by atoms with Crippen molar-refractivity contribution in [2.75, 3.05) is 26.7 Å². The predicted octanol–water partition coefficient (Wildman–Crippen LogP) is 1.19. The molecule has 0 bridgehead atoms. The van der Waals surface area contributed by atoms with E-state index in [1.807, 2.05) is 38.2 Å². The van der Waals surface area contributed by atoms with E-state index >= 15 is 0 Å². The van der Waals surface area contributed by atoms with Gasteiger partial charge in [-0.05, 0) is 52.0 Å². The van der Waals surface area contributed by atoms with E-state index in [2.05, 4.69) is 22.2 Å². The summed E-state index contributed by atoms with van der Waals surface area (Å²) in [5.74, 6) is -0.277. The van der Waals surface area contributed by atoms with Crippen molar-refractivity contribution in [3.8, 4) is 0 Å². The molecule has 0 spiro atoms. The van der Waals surface area contributed by atoms with E-state index in [0.717, 1.165) is 44.6 Å². The first-order chi connectivity index (χ1) is 9.98. The molecular formula is C16H28N4O. The van der Waals surface area contributed by atoms with Crippen molar-refractivity contribution in [2.45, 2.75) is 38.6 Å². The molecule has 5 nitrogen and oxygen atoms in total. The molecule has 0 aliphatic heterocycles. The van der Waals surface area contributed by atoms with Gasteiger partial charge in [0.1, 0.15) is 0 Å². The van der Waals surface area contributed by atoms with Gasteiger partial charge in [-0.1, -0.05) is 13.0 Å². The van der Waals surface area contributed by atoms with Gasteiger partial charge in [0.2, 0.25) is 5.91 Å². The molecule has 118 valence electrons. The number of nitrogens with two attached hydrogens (primary N) is 1. The third-order valence-electron chi connectivity index (χ3n) is 3.80. The summed E-state index contributed by atoms with van der Waals surface area (Å²) < 4.78 is 0. The highest BCUT2D eigenvalue weighted by atomic mass is 16.1. The van der Waals surface area contributed by atoms with Crippen LogP contribution < -0.4 is 11.1 Å². The van der Waals surface area contributed by atoms with Crippen molar-refractivity contribution >= 4 is 5.91 Å². The van der Waals surface area contributed by atoms with E-state index in [1.165, 1.54) is 0 Å². The Kier molecular flexibility index (Phi) is 7.32. The van der Waals surface area contributed by atoms with Crippen molar-refractivity contribution in [3.05, 3.63) is 30.1 Å². The summed E-state index contributed by atoms with van der Waals surface area (Å²) in [6.45, 7) is 6.52. The fourth-order valence-electron chi connectivity index (χ4n) is 2.35. The van der Waals surface area contributed by atoms with Crippen LogP contribution in [-0.4, -0.2) is 48.0 Å². The second kappa shape index (κ2) is 8.74. The van der Waals surface area contributed by atoms with Gasteiger partial charge in [0, 0.05) is 24.9 Å². The first-order valence-corrected chi connectivity index (χ1v) is 7.61. The molecule has 0 aliphatic rings. The van der Waals surface area contributed by atoms with Crippen molar-refractivity contribution in [3.63, 3.8) is 0 Å². The zero-order valence-electron chi connectivity index (χ0n) is 13.4. The molecule has 3 N–H and O–H groups in total. The van der Waals surface area contributed by atoms with Crippen LogP contribution in [-0.2, 0) is 11.2 Å². The summed E-state index contributed by atoms with van der Waals surface area (Å²) in [7, 11) is 2.10. The summed E-state index contributed by atoms with van der Waals surface area (Å²) in [6.07, 6.45) is 4.46. The van der Waals surface area contributed by atoms with Gasteiger partial charge in [-0.15, -0.1) is 0 Å². The molecule has 21 heavy (non-hydrogen) atoms. The summed E-state index contributed by atoms with van der Waals surface area (Å²) in [5, 5.41) is 3.19. The van der Waals surface area contributed by atoms with E-state index < -0.39 is 5.54 Å². The number of carbonyl (C=O) groups excluding carboxylic acids is 1. The third kappa shape index (κ3) is 6.23. The van der Waals surface area contributed by atoms with E-state index in [9.17, 15) is 4.79 Å². The molecule has 0 fully saturated rings. The standard InChI is InChI=1S/C16H28N4O/c1-4-19-16(2,15(17)21)10-7-12-20(3)13-9-14-8-5-6-11-18-14/h5-6,8,11,19H,4,7,9-10,12-13H2,1-3H3,(H2,17,21). The molecule has 1 unspecified atom stereocenters. The van der Waals surface area contributed by atoms with Crippen LogP contribution in [0.2, 0.25) is 0 Å². The van der Waals surface area contributed by atoms with Crippen LogP contribution in [0.4, 0.5) is 0 Å². The maximum atomic E-state index is 11.5. The van der Waals surface area contributed by atoms with Crippen LogP contribution in [0.5, 0.6) is 0 Å². The number of nitrogens with zero attached hydrogens (tertiary/aromatic N) is 2. The SMILES string of the molecule is CCNC(C)(CCCN(C)CCc1ccccn1)C(N)=O. The Hall–Kier alpha value is -1.46. The normalized spacial score (nSPS) is 14.1. The lowest BCUT2D eigenvalue weighted by Gasteiger charge is -2.28. The fourth-order valence-corrected chi connectivity index (χ4v) is 2.35. The Labute approximate surface area is 127 Å². The van der Waals surface area contributed by atoms with E-state index in [0.29, 0.717) is 0 Å². The summed E-state index contributed by atoms with van der Waals surface area (Å²) >= 11 is 0. The van der Waals surface area contributed by atoms with E-state index in [4.69, 9.17) is 5.73 Å². The Balaban J connectivity index is 2.29. The van der Waals surface area contributed by atoms with Crippen LogP contribution in [0.25, 0.3) is 0 Å². The number of carbonyl (C=O) groups is 1. The minimum Gasteiger partial charge on any atom is -0.368 e. The smallest absolute Gasteiger partial charge is 0.237 e. The van der Waals surface area contributed by atoms with Crippen LogP contribution >= 0.6 is 0 Å². The summed E-state index contributed by atoms with van der Waals surface area (Å²) in [4.78, 5) is 18.1. The van der Waals surface area contributed by atoms with Crippen LogP contribution in [0.15, 0.2) is 24.4 Å². The average molecular weight is 292 g/mol. The molecule has 1 aromatic rings. The summed E-state index contributed by atoms with van der Waals surface area (Å²) in [6, 6.07) is 5.98. The van der Waals surface area contributed by atoms with Gasteiger partial charge in [-0.2, -0.15) is 0 Å². The van der Waals surface area contributed by atoms with Crippen LogP contribution in [0, 0.1) is 0 Å². The van der Waals surface area contributed by atoms with Gasteiger partial charge in [0.15, 0.2) is 0 Å². The number of amides is 1. The highest BCUT2D eigenvalue weighted by Crippen LogP contribution is 2.12. The molecule has 1 heterocycles. The van der Waals surface area contributed by atoms with Gasteiger partial charge in [0.05, 0.1) is 5.54 Å². The maximum Gasteiger partial charge on any atom is 0.237 e. The second-order valence-electron chi connectivity index (χ2n) is 5.70. The Bertz CT molecular complexity index is 424. The molecule has 0 saturated heterocycles. The van der Waals surface area contributed by atoms with Gasteiger partial charge < -0.3 is 16.0 Å². The second-order valence-corrected chi connectivity index (χ2v) is 5.70. The lowest BCUT2D eigenvalue weighted by Crippen LogP contribution is -2.53. The topological polar surface area (TPSA) is 71.2 Å². The number of rotatable bonds is 10. The monoisotopic (exact) mass is 292 g/mol. The molecule has 1 amide bonds. The van der Waals surface area contributed by atoms with E-state index in [-0.39, 0.29) is 5.91 Å². The Morgan fingerprint density at radius 1 is 1.43 bits per heavy atom. The molecule has 0 radical (unpaired) electrons. The molecule has 0 aromatic carbocycles. The molecule has 1 atom stereocenters. The number of hydrogen-bond acceptors (Lipinski definition) is 4. The Morgan fingerprint density at radius 2 is 2.19 bits per heavy atom. The van der Waals surface area contributed by atoms with Gasteiger partial charge >= 0.3 is 0 Å². The largest absolute Gasteiger partial charge is 0.368 e. The number of primary amides is 1. The minimum atomic E-state index is -0.601. The highest BCUT2D eigenvalue weighted by molar-refractivity contribution is 5.84. The molecule has 0 saturated carbocycles. The number of pyridine rings is 1. The molecule has 1 rings (SSSR count). The quantitative estimate of drug-likeness (QED) is 0.679. The van der Waals surface area contributed by atoms with Gasteiger partial charge in [0.25, 0.3) is 0 Å². The molecule has 1 aromatic heterocycles. The van der Waals surface area contributed by atoms with Crippen molar-refractivity contribution < 1.29 is 4.79 Å². The maximum absolute atomic E-state index is 11.5. The number of aromatic nitrogens is 1. The zero-order chi connectivity index (χ0) is 15.7. The average Bonchev–Trinajstić information content (AvgIpc) is 2.46. The third-order valence-corrected chi connectivity index (χ3v) is 3.80. The minimum absolute atomic E-state index is 0.277. The van der Waals surface area contributed by atoms with Gasteiger partial charge in [-0.25, -0.2) is 0 Å².